The fraction of sp³-hybridized carbons (Fsp3) is 0.467. The van der Waals surface area contributed by atoms with Gasteiger partial charge in [-0.3, -0.25) is 4.68 Å². The lowest BCUT2D eigenvalue weighted by Gasteiger charge is -2.32. The second-order valence-electron chi connectivity index (χ2n) is 5.61. The number of alkyl halides is 3. The normalized spacial score (nSPS) is 17.0. The summed E-state index contributed by atoms with van der Waals surface area (Å²) in [6, 6.07) is 2.54. The highest BCUT2D eigenvalue weighted by Gasteiger charge is 2.31. The SMILES string of the molecule is Cn1cc(C2CCN(c3ccc(C(F)(F)F)cn3)CC2)cn1. The molecule has 1 saturated heterocycles. The topological polar surface area (TPSA) is 34.0 Å². The van der Waals surface area contributed by atoms with Crippen LogP contribution in [0.1, 0.15) is 29.9 Å². The molecule has 0 bridgehead atoms. The van der Waals surface area contributed by atoms with E-state index in [1.165, 1.54) is 11.6 Å². The van der Waals surface area contributed by atoms with E-state index in [1.54, 1.807) is 4.68 Å². The average molecular weight is 310 g/mol. The molecule has 0 spiro atoms. The molecule has 0 unspecified atom stereocenters. The summed E-state index contributed by atoms with van der Waals surface area (Å²) in [4.78, 5) is 5.99. The number of piperidine rings is 1. The first kappa shape index (κ1) is 14.9. The van der Waals surface area contributed by atoms with Gasteiger partial charge in [-0.15, -0.1) is 0 Å². The number of aromatic nitrogens is 3. The summed E-state index contributed by atoms with van der Waals surface area (Å²) in [6.45, 7) is 1.58. The van der Waals surface area contributed by atoms with Crippen LogP contribution >= 0.6 is 0 Å². The van der Waals surface area contributed by atoms with Gasteiger partial charge in [0.2, 0.25) is 0 Å². The van der Waals surface area contributed by atoms with Crippen molar-refractivity contribution in [1.29, 1.82) is 0 Å². The molecule has 1 fully saturated rings. The molecule has 3 heterocycles. The van der Waals surface area contributed by atoms with Crippen LogP contribution in [-0.2, 0) is 13.2 Å². The second-order valence-corrected chi connectivity index (χ2v) is 5.61. The van der Waals surface area contributed by atoms with Crippen LogP contribution in [0.4, 0.5) is 19.0 Å². The fourth-order valence-corrected chi connectivity index (χ4v) is 2.83. The summed E-state index contributed by atoms with van der Waals surface area (Å²) in [7, 11) is 1.89. The van der Waals surface area contributed by atoms with E-state index in [4.69, 9.17) is 0 Å². The van der Waals surface area contributed by atoms with Crippen LogP contribution in [0.25, 0.3) is 0 Å². The quantitative estimate of drug-likeness (QED) is 0.854. The third-order valence-electron chi connectivity index (χ3n) is 4.09. The highest BCUT2D eigenvalue weighted by atomic mass is 19.4. The van der Waals surface area contributed by atoms with Gasteiger partial charge in [0, 0.05) is 32.5 Å². The fourth-order valence-electron chi connectivity index (χ4n) is 2.83. The molecule has 0 aromatic carbocycles. The first-order valence-corrected chi connectivity index (χ1v) is 7.20. The summed E-state index contributed by atoms with van der Waals surface area (Å²) in [5.41, 5.74) is 0.518. The van der Waals surface area contributed by atoms with Crippen LogP contribution < -0.4 is 4.90 Å². The zero-order valence-corrected chi connectivity index (χ0v) is 12.2. The molecule has 0 aliphatic carbocycles. The predicted octanol–water partition coefficient (Wildman–Crippen LogP) is 3.22. The Balaban J connectivity index is 1.64. The molecule has 2 aromatic heterocycles. The largest absolute Gasteiger partial charge is 0.417 e. The number of anilines is 1. The van der Waals surface area contributed by atoms with Crippen molar-refractivity contribution in [3.8, 4) is 0 Å². The number of rotatable bonds is 2. The molecule has 4 nitrogen and oxygen atoms in total. The molecule has 1 aliphatic heterocycles. The third kappa shape index (κ3) is 3.08. The molecule has 1 aliphatic rings. The lowest BCUT2D eigenvalue weighted by molar-refractivity contribution is -0.137. The Labute approximate surface area is 126 Å². The maximum absolute atomic E-state index is 12.5. The molecule has 22 heavy (non-hydrogen) atoms. The van der Waals surface area contributed by atoms with E-state index < -0.39 is 11.7 Å². The summed E-state index contributed by atoms with van der Waals surface area (Å²) in [5, 5.41) is 4.19. The molecule has 2 aromatic rings. The molecule has 7 heteroatoms. The van der Waals surface area contributed by atoms with Gasteiger partial charge in [-0.25, -0.2) is 4.98 Å². The molecule has 0 amide bonds. The van der Waals surface area contributed by atoms with E-state index >= 15 is 0 Å². The zero-order valence-electron chi connectivity index (χ0n) is 12.2. The number of aryl methyl sites for hydroxylation is 1. The Kier molecular flexibility index (Phi) is 3.80. The van der Waals surface area contributed by atoms with Crippen molar-refractivity contribution in [2.24, 2.45) is 7.05 Å². The van der Waals surface area contributed by atoms with Crippen molar-refractivity contribution in [3.05, 3.63) is 41.9 Å². The Morgan fingerprint density at radius 1 is 1.14 bits per heavy atom. The predicted molar refractivity (Wildman–Crippen MR) is 76.6 cm³/mol. The number of pyridine rings is 1. The van der Waals surface area contributed by atoms with Crippen molar-refractivity contribution in [1.82, 2.24) is 14.8 Å². The van der Waals surface area contributed by atoms with Crippen molar-refractivity contribution in [2.45, 2.75) is 24.9 Å². The minimum Gasteiger partial charge on any atom is -0.357 e. The van der Waals surface area contributed by atoms with Crippen molar-refractivity contribution >= 4 is 5.82 Å². The highest BCUT2D eigenvalue weighted by Crippen LogP contribution is 2.32. The van der Waals surface area contributed by atoms with Crippen LogP contribution in [0.2, 0.25) is 0 Å². The Morgan fingerprint density at radius 3 is 2.36 bits per heavy atom. The van der Waals surface area contributed by atoms with E-state index in [0.717, 1.165) is 38.2 Å². The van der Waals surface area contributed by atoms with Gasteiger partial charge in [0.05, 0.1) is 11.8 Å². The Bertz CT molecular complexity index is 625. The summed E-state index contributed by atoms with van der Waals surface area (Å²) in [5.74, 6) is 1.07. The Morgan fingerprint density at radius 2 is 1.86 bits per heavy atom. The minimum absolute atomic E-state index is 0.458. The molecular formula is C15H17F3N4. The lowest BCUT2D eigenvalue weighted by Crippen LogP contribution is -2.33. The molecule has 0 N–H and O–H groups in total. The van der Waals surface area contributed by atoms with Crippen LogP contribution in [0.3, 0.4) is 0 Å². The summed E-state index contributed by atoms with van der Waals surface area (Å²) in [6.07, 6.45) is 2.39. The highest BCUT2D eigenvalue weighted by molar-refractivity contribution is 5.40. The summed E-state index contributed by atoms with van der Waals surface area (Å²) >= 11 is 0. The number of hydrogen-bond acceptors (Lipinski definition) is 3. The van der Waals surface area contributed by atoms with Gasteiger partial charge in [-0.05, 0) is 36.5 Å². The van der Waals surface area contributed by atoms with Gasteiger partial charge >= 0.3 is 6.18 Å². The number of nitrogens with zero attached hydrogens (tertiary/aromatic N) is 4. The van der Waals surface area contributed by atoms with Crippen molar-refractivity contribution < 1.29 is 13.2 Å². The van der Waals surface area contributed by atoms with Crippen molar-refractivity contribution in [2.75, 3.05) is 18.0 Å². The monoisotopic (exact) mass is 310 g/mol. The van der Waals surface area contributed by atoms with E-state index in [-0.39, 0.29) is 0 Å². The maximum Gasteiger partial charge on any atom is 0.417 e. The number of halogens is 3. The van der Waals surface area contributed by atoms with Gasteiger partial charge in [-0.1, -0.05) is 0 Å². The van der Waals surface area contributed by atoms with Crippen molar-refractivity contribution in [3.63, 3.8) is 0 Å². The zero-order chi connectivity index (χ0) is 15.7. The lowest BCUT2D eigenvalue weighted by atomic mass is 9.91. The molecule has 118 valence electrons. The molecular weight excluding hydrogens is 293 g/mol. The number of hydrogen-bond donors (Lipinski definition) is 0. The van der Waals surface area contributed by atoms with E-state index in [9.17, 15) is 13.2 Å². The first-order valence-electron chi connectivity index (χ1n) is 7.20. The van der Waals surface area contributed by atoms with Crippen LogP contribution in [0.5, 0.6) is 0 Å². The molecule has 0 saturated carbocycles. The van der Waals surface area contributed by atoms with Gasteiger partial charge in [0.1, 0.15) is 5.82 Å². The van der Waals surface area contributed by atoms with Gasteiger partial charge in [0.25, 0.3) is 0 Å². The first-order chi connectivity index (χ1) is 10.4. The molecule has 3 rings (SSSR count). The standard InChI is InChI=1S/C15H17F3N4/c1-21-10-12(8-20-21)11-4-6-22(7-5-11)14-3-2-13(9-19-14)15(16,17)18/h2-3,8-11H,4-7H2,1H3. The molecule has 0 atom stereocenters. The molecule has 0 radical (unpaired) electrons. The second kappa shape index (κ2) is 5.62. The van der Waals surface area contributed by atoms with E-state index in [1.807, 2.05) is 24.3 Å². The van der Waals surface area contributed by atoms with Gasteiger partial charge in [0.15, 0.2) is 0 Å². The third-order valence-corrected chi connectivity index (χ3v) is 4.09. The van der Waals surface area contributed by atoms with Crippen LogP contribution in [-0.4, -0.2) is 27.9 Å². The minimum atomic E-state index is -4.33. The average Bonchev–Trinajstić information content (AvgIpc) is 2.93. The smallest absolute Gasteiger partial charge is 0.357 e. The van der Waals surface area contributed by atoms with Gasteiger partial charge in [-0.2, -0.15) is 18.3 Å². The van der Waals surface area contributed by atoms with Gasteiger partial charge < -0.3 is 4.90 Å². The maximum atomic E-state index is 12.5. The Hall–Kier alpha value is -2.05. The van der Waals surface area contributed by atoms with E-state index in [0.29, 0.717) is 11.7 Å². The van der Waals surface area contributed by atoms with Crippen LogP contribution in [0, 0.1) is 0 Å². The van der Waals surface area contributed by atoms with E-state index in [2.05, 4.69) is 10.1 Å². The van der Waals surface area contributed by atoms with Crippen LogP contribution in [0.15, 0.2) is 30.7 Å². The summed E-state index contributed by atoms with van der Waals surface area (Å²) < 4.78 is 39.4.